The highest BCUT2D eigenvalue weighted by Gasteiger charge is 2.21. The normalized spacial score (nSPS) is 17.9. The Bertz CT molecular complexity index is 710. The number of methoxy groups -OCH3 is 1. The molecular weight excluding hydrogens is 340 g/mol. The van der Waals surface area contributed by atoms with E-state index in [1.54, 1.807) is 6.07 Å². The summed E-state index contributed by atoms with van der Waals surface area (Å²) in [6, 6.07) is 4.72. The minimum Gasteiger partial charge on any atom is -0.495 e. The molecule has 1 fully saturated rings. The highest BCUT2D eigenvalue weighted by Crippen LogP contribution is 2.24. The molecule has 1 N–H and O–H groups in total. The summed E-state index contributed by atoms with van der Waals surface area (Å²) in [5.41, 5.74) is 0.320. The fourth-order valence-corrected chi connectivity index (χ4v) is 3.91. The van der Waals surface area contributed by atoms with Crippen molar-refractivity contribution in [2.45, 2.75) is 37.6 Å². The Balaban J connectivity index is 2.01. The van der Waals surface area contributed by atoms with Gasteiger partial charge < -0.3 is 10.1 Å². The molecule has 0 saturated carbocycles. The number of nitrogens with one attached hydrogen (secondary N) is 1. The summed E-state index contributed by atoms with van der Waals surface area (Å²) in [5, 5.41) is 2.91. The van der Waals surface area contributed by atoms with E-state index >= 15 is 0 Å². The molecule has 1 aliphatic heterocycles. The molecule has 0 radical (unpaired) electrons. The Kier molecular flexibility index (Phi) is 6.46. The van der Waals surface area contributed by atoms with Crippen molar-refractivity contribution in [1.82, 2.24) is 10.2 Å². The second kappa shape index (κ2) is 8.19. The molecule has 0 spiro atoms. The molecule has 0 aliphatic carbocycles. The number of carbonyl (C=O) groups is 1. The number of benzene rings is 1. The zero-order chi connectivity index (χ0) is 18.6. The van der Waals surface area contributed by atoms with Crippen LogP contribution in [0.5, 0.6) is 5.75 Å². The van der Waals surface area contributed by atoms with Crippen LogP contribution in [0.3, 0.4) is 0 Å². The minimum absolute atomic E-state index is 0.0284. The van der Waals surface area contributed by atoms with Crippen LogP contribution < -0.4 is 10.1 Å². The summed E-state index contributed by atoms with van der Waals surface area (Å²) in [7, 11) is -2.06. The number of amides is 1. The monoisotopic (exact) mass is 368 g/mol. The van der Waals surface area contributed by atoms with Crippen LogP contribution in [0, 0.1) is 5.92 Å². The summed E-state index contributed by atoms with van der Waals surface area (Å²) < 4.78 is 28.8. The van der Waals surface area contributed by atoms with Gasteiger partial charge >= 0.3 is 0 Å². The smallest absolute Gasteiger partial charge is 0.251 e. The van der Waals surface area contributed by atoms with Crippen molar-refractivity contribution in [3.63, 3.8) is 0 Å². The lowest BCUT2D eigenvalue weighted by Crippen LogP contribution is -2.45. The Morgan fingerprint density at radius 1 is 1.36 bits per heavy atom. The van der Waals surface area contributed by atoms with Crippen molar-refractivity contribution in [1.29, 1.82) is 0 Å². The number of piperidine rings is 1. The molecule has 6 nitrogen and oxygen atoms in total. The average Bonchev–Trinajstić information content (AvgIpc) is 2.58. The van der Waals surface area contributed by atoms with Gasteiger partial charge in [0.1, 0.15) is 10.6 Å². The van der Waals surface area contributed by atoms with E-state index in [1.807, 2.05) is 0 Å². The summed E-state index contributed by atoms with van der Waals surface area (Å²) in [6.07, 6.45) is 3.48. The third-order valence-corrected chi connectivity index (χ3v) is 5.94. The highest BCUT2D eigenvalue weighted by molar-refractivity contribution is 7.90. The zero-order valence-corrected chi connectivity index (χ0v) is 16.2. The molecule has 140 valence electrons. The summed E-state index contributed by atoms with van der Waals surface area (Å²) in [6.45, 7) is 7.02. The predicted molar refractivity (Wildman–Crippen MR) is 97.9 cm³/mol. The maximum absolute atomic E-state index is 12.4. The molecule has 1 amide bonds. The van der Waals surface area contributed by atoms with E-state index in [4.69, 9.17) is 4.74 Å². The van der Waals surface area contributed by atoms with Gasteiger partial charge in [-0.3, -0.25) is 9.69 Å². The summed E-state index contributed by atoms with van der Waals surface area (Å²) >= 11 is 0. The second-order valence-electron chi connectivity index (χ2n) is 6.92. The van der Waals surface area contributed by atoms with Gasteiger partial charge in [-0.05, 0) is 57.0 Å². The summed E-state index contributed by atoms with van der Waals surface area (Å²) in [4.78, 5) is 14.8. The molecule has 1 aromatic carbocycles. The van der Waals surface area contributed by atoms with Crippen LogP contribution in [0.4, 0.5) is 0 Å². The molecule has 1 atom stereocenters. The van der Waals surface area contributed by atoms with Crippen molar-refractivity contribution in [2.75, 3.05) is 33.0 Å². The van der Waals surface area contributed by atoms with Gasteiger partial charge in [0.2, 0.25) is 0 Å². The third kappa shape index (κ3) is 5.19. The molecule has 7 heteroatoms. The number of ether oxygens (including phenoxy) is 1. The lowest BCUT2D eigenvalue weighted by atomic mass is 9.98. The van der Waals surface area contributed by atoms with Gasteiger partial charge in [0.05, 0.1) is 7.11 Å². The van der Waals surface area contributed by atoms with E-state index in [2.05, 4.69) is 24.1 Å². The number of hydrogen-bond donors (Lipinski definition) is 1. The van der Waals surface area contributed by atoms with Crippen LogP contribution in [-0.2, 0) is 9.84 Å². The molecule has 1 heterocycles. The second-order valence-corrected chi connectivity index (χ2v) is 8.90. The molecule has 1 aliphatic rings. The van der Waals surface area contributed by atoms with Crippen LogP contribution in [0.15, 0.2) is 23.1 Å². The molecular formula is C18H28N2O4S. The Hall–Kier alpha value is -1.60. The van der Waals surface area contributed by atoms with Gasteiger partial charge in [0, 0.05) is 24.4 Å². The fourth-order valence-electron chi connectivity index (χ4n) is 3.05. The lowest BCUT2D eigenvalue weighted by Gasteiger charge is -2.35. The van der Waals surface area contributed by atoms with Gasteiger partial charge in [-0.15, -0.1) is 0 Å². The maximum atomic E-state index is 12.4. The van der Waals surface area contributed by atoms with E-state index in [0.29, 0.717) is 12.1 Å². The molecule has 1 unspecified atom stereocenters. The molecule has 25 heavy (non-hydrogen) atoms. The van der Waals surface area contributed by atoms with Crippen molar-refractivity contribution in [2.24, 2.45) is 5.92 Å². The highest BCUT2D eigenvalue weighted by atomic mass is 32.2. The quantitative estimate of drug-likeness (QED) is 0.831. The van der Waals surface area contributed by atoms with Crippen LogP contribution in [0.25, 0.3) is 0 Å². The van der Waals surface area contributed by atoms with Crippen LogP contribution in [0.1, 0.15) is 37.0 Å². The molecule has 0 bridgehead atoms. The van der Waals surface area contributed by atoms with Gasteiger partial charge in [-0.1, -0.05) is 6.92 Å². The van der Waals surface area contributed by atoms with Crippen molar-refractivity contribution in [3.05, 3.63) is 23.8 Å². The van der Waals surface area contributed by atoms with E-state index in [1.165, 1.54) is 32.1 Å². The van der Waals surface area contributed by atoms with Gasteiger partial charge in [-0.2, -0.15) is 0 Å². The molecule has 1 aromatic rings. The van der Waals surface area contributed by atoms with Crippen molar-refractivity contribution >= 4 is 15.7 Å². The topological polar surface area (TPSA) is 75.7 Å². The first-order chi connectivity index (χ1) is 11.7. The van der Waals surface area contributed by atoms with Crippen LogP contribution in [-0.4, -0.2) is 58.3 Å². The number of rotatable bonds is 6. The molecule has 2 rings (SSSR count). The molecule has 1 saturated heterocycles. The minimum atomic E-state index is -3.47. The van der Waals surface area contributed by atoms with Crippen molar-refractivity contribution < 1.29 is 17.9 Å². The SMILES string of the molecule is COc1ccc(C(=O)NCC(C)N2CCC(C)CC2)cc1S(C)(=O)=O. The van der Waals surface area contributed by atoms with E-state index in [9.17, 15) is 13.2 Å². The standard InChI is InChI=1S/C18H28N2O4S/c1-13-7-9-20(10-8-13)14(2)12-19-18(21)15-5-6-16(24-3)17(11-15)25(4,22)23/h5-6,11,13-14H,7-10,12H2,1-4H3,(H,19,21). The zero-order valence-electron chi connectivity index (χ0n) is 15.4. The van der Waals surface area contributed by atoms with Crippen molar-refractivity contribution in [3.8, 4) is 5.75 Å². The Morgan fingerprint density at radius 3 is 2.56 bits per heavy atom. The third-order valence-electron chi connectivity index (χ3n) is 4.82. The molecule has 0 aromatic heterocycles. The first-order valence-electron chi connectivity index (χ1n) is 8.62. The summed E-state index contributed by atoms with van der Waals surface area (Å²) in [5.74, 6) is 0.742. The number of sulfone groups is 1. The van der Waals surface area contributed by atoms with E-state index in [-0.39, 0.29) is 22.6 Å². The number of likely N-dealkylation sites (tertiary alicyclic amines) is 1. The number of hydrogen-bond acceptors (Lipinski definition) is 5. The van der Waals surface area contributed by atoms with Gasteiger partial charge in [0.25, 0.3) is 5.91 Å². The predicted octanol–water partition coefficient (Wildman–Crippen LogP) is 1.95. The first-order valence-corrected chi connectivity index (χ1v) is 10.5. The largest absolute Gasteiger partial charge is 0.495 e. The Labute approximate surface area is 150 Å². The first kappa shape index (κ1) is 19.7. The number of nitrogens with zero attached hydrogens (tertiary/aromatic N) is 1. The van der Waals surface area contributed by atoms with Gasteiger partial charge in [-0.25, -0.2) is 8.42 Å². The van der Waals surface area contributed by atoms with Crippen LogP contribution >= 0.6 is 0 Å². The lowest BCUT2D eigenvalue weighted by molar-refractivity contribution is 0.0921. The fraction of sp³-hybridized carbons (Fsp3) is 0.611. The maximum Gasteiger partial charge on any atom is 0.251 e. The van der Waals surface area contributed by atoms with E-state index < -0.39 is 9.84 Å². The average molecular weight is 368 g/mol. The van der Waals surface area contributed by atoms with E-state index in [0.717, 1.165) is 25.3 Å². The number of carbonyl (C=O) groups excluding carboxylic acids is 1. The van der Waals surface area contributed by atoms with Gasteiger partial charge in [0.15, 0.2) is 9.84 Å². The Morgan fingerprint density at radius 2 is 2.00 bits per heavy atom. The van der Waals surface area contributed by atoms with Crippen LogP contribution in [0.2, 0.25) is 0 Å².